The summed E-state index contributed by atoms with van der Waals surface area (Å²) >= 11 is 1.75. The van der Waals surface area contributed by atoms with Crippen LogP contribution in [-0.4, -0.2) is 35.9 Å². The monoisotopic (exact) mass is 302 g/mol. The molecule has 0 radical (unpaired) electrons. The number of nitrogen functional groups attached to an aromatic ring is 1. The predicted octanol–water partition coefficient (Wildman–Crippen LogP) is 2.72. The van der Waals surface area contributed by atoms with E-state index in [1.807, 2.05) is 13.8 Å². The van der Waals surface area contributed by atoms with Crippen molar-refractivity contribution in [3.8, 4) is 5.75 Å². The van der Waals surface area contributed by atoms with Gasteiger partial charge in [-0.05, 0) is 26.0 Å². The van der Waals surface area contributed by atoms with Gasteiger partial charge in [0, 0.05) is 31.0 Å². The zero-order valence-corrected chi connectivity index (χ0v) is 12.8. The quantitative estimate of drug-likeness (QED) is 0.483. The van der Waals surface area contributed by atoms with E-state index in [0.29, 0.717) is 11.4 Å². The zero-order valence-electron chi connectivity index (χ0n) is 12.0. The topological polar surface area (TPSA) is 67.5 Å². The van der Waals surface area contributed by atoms with Crippen LogP contribution in [0.5, 0.6) is 5.75 Å². The average molecular weight is 302 g/mol. The van der Waals surface area contributed by atoms with E-state index in [0.717, 1.165) is 24.5 Å². The van der Waals surface area contributed by atoms with E-state index in [1.54, 1.807) is 17.8 Å². The van der Waals surface area contributed by atoms with E-state index in [9.17, 15) is 4.39 Å². The molecular formula is C14H23FN2O2S. The van der Waals surface area contributed by atoms with E-state index in [1.165, 1.54) is 6.07 Å². The van der Waals surface area contributed by atoms with E-state index in [4.69, 9.17) is 15.6 Å². The number of thioether (sulfide) groups is 1. The smallest absolute Gasteiger partial charge is 0.167 e. The number of rotatable bonds is 9. The molecule has 0 heterocycles. The first-order chi connectivity index (χ1) is 9.54. The van der Waals surface area contributed by atoms with Gasteiger partial charge in [0.15, 0.2) is 11.6 Å². The first-order valence-corrected chi connectivity index (χ1v) is 7.88. The molecule has 0 amide bonds. The zero-order chi connectivity index (χ0) is 15.0. The minimum absolute atomic E-state index is 0.0880. The summed E-state index contributed by atoms with van der Waals surface area (Å²) in [5, 5.41) is 11.8. The van der Waals surface area contributed by atoms with Crippen LogP contribution in [0.4, 0.5) is 15.8 Å². The Morgan fingerprint density at radius 2 is 2.15 bits per heavy atom. The maximum atomic E-state index is 13.7. The predicted molar refractivity (Wildman–Crippen MR) is 84.1 cm³/mol. The lowest BCUT2D eigenvalue weighted by Gasteiger charge is -2.15. The molecule has 4 nitrogen and oxygen atoms in total. The molecule has 0 aliphatic carbocycles. The summed E-state index contributed by atoms with van der Waals surface area (Å²) in [6.45, 7) is 4.65. The molecule has 1 aromatic rings. The second-order valence-corrected chi connectivity index (χ2v) is 5.88. The third-order valence-electron chi connectivity index (χ3n) is 2.48. The van der Waals surface area contributed by atoms with Gasteiger partial charge in [-0.2, -0.15) is 11.8 Å². The fraction of sp³-hybridized carbons (Fsp3) is 0.571. The Kier molecular flexibility index (Phi) is 7.54. The third-order valence-corrected chi connectivity index (χ3v) is 3.55. The highest BCUT2D eigenvalue weighted by atomic mass is 32.2. The molecule has 0 fully saturated rings. The van der Waals surface area contributed by atoms with Gasteiger partial charge in [0.2, 0.25) is 0 Å². The van der Waals surface area contributed by atoms with Crippen molar-refractivity contribution in [1.29, 1.82) is 0 Å². The fourth-order valence-corrected chi connectivity index (χ4v) is 2.38. The standard InChI is InChI=1S/C14H23FN2O2S/c1-10(2)19-14-9-13(12(16)8-11(14)15)17-4-7-20-6-3-5-18/h8-10,17-18H,3-7,16H2,1-2H3. The number of nitrogens with one attached hydrogen (secondary N) is 1. The van der Waals surface area contributed by atoms with Crippen LogP contribution in [0.1, 0.15) is 20.3 Å². The number of aliphatic hydroxyl groups excluding tert-OH is 1. The van der Waals surface area contributed by atoms with Crippen molar-refractivity contribution in [3.63, 3.8) is 0 Å². The molecule has 0 unspecified atom stereocenters. The maximum absolute atomic E-state index is 13.7. The van der Waals surface area contributed by atoms with Crippen LogP contribution in [0.2, 0.25) is 0 Å². The number of benzene rings is 1. The van der Waals surface area contributed by atoms with Crippen molar-refractivity contribution in [2.24, 2.45) is 0 Å². The fourth-order valence-electron chi connectivity index (χ4n) is 1.59. The van der Waals surface area contributed by atoms with E-state index >= 15 is 0 Å². The van der Waals surface area contributed by atoms with Gasteiger partial charge in [0.05, 0.1) is 17.5 Å². The van der Waals surface area contributed by atoms with Crippen molar-refractivity contribution in [2.75, 3.05) is 35.7 Å². The van der Waals surface area contributed by atoms with Gasteiger partial charge in [0.25, 0.3) is 0 Å². The Morgan fingerprint density at radius 3 is 2.80 bits per heavy atom. The Balaban J connectivity index is 2.52. The van der Waals surface area contributed by atoms with E-state index in [2.05, 4.69) is 5.32 Å². The van der Waals surface area contributed by atoms with Gasteiger partial charge in [-0.15, -0.1) is 0 Å². The number of ether oxygens (including phenoxy) is 1. The van der Waals surface area contributed by atoms with Crippen LogP contribution in [0, 0.1) is 5.82 Å². The molecule has 0 saturated carbocycles. The lowest BCUT2D eigenvalue weighted by molar-refractivity contribution is 0.231. The van der Waals surface area contributed by atoms with Gasteiger partial charge in [-0.25, -0.2) is 4.39 Å². The summed E-state index contributed by atoms with van der Waals surface area (Å²) in [5.74, 6) is 1.60. The molecule has 0 aromatic heterocycles. The van der Waals surface area contributed by atoms with Crippen molar-refractivity contribution in [1.82, 2.24) is 0 Å². The maximum Gasteiger partial charge on any atom is 0.167 e. The molecular weight excluding hydrogens is 279 g/mol. The number of anilines is 2. The van der Waals surface area contributed by atoms with Crippen LogP contribution >= 0.6 is 11.8 Å². The highest BCUT2D eigenvalue weighted by molar-refractivity contribution is 7.99. The summed E-state index contributed by atoms with van der Waals surface area (Å²) in [6, 6.07) is 2.88. The Bertz CT molecular complexity index is 416. The molecule has 0 aliphatic heterocycles. The van der Waals surface area contributed by atoms with Crippen molar-refractivity contribution < 1.29 is 14.2 Å². The van der Waals surface area contributed by atoms with Crippen molar-refractivity contribution >= 4 is 23.1 Å². The van der Waals surface area contributed by atoms with Crippen LogP contribution in [-0.2, 0) is 0 Å². The van der Waals surface area contributed by atoms with E-state index < -0.39 is 5.82 Å². The Hall–Kier alpha value is -1.14. The normalized spacial score (nSPS) is 10.8. The highest BCUT2D eigenvalue weighted by Crippen LogP contribution is 2.28. The molecule has 20 heavy (non-hydrogen) atoms. The van der Waals surface area contributed by atoms with Gasteiger partial charge in [-0.1, -0.05) is 0 Å². The summed E-state index contributed by atoms with van der Waals surface area (Å²) in [7, 11) is 0. The largest absolute Gasteiger partial charge is 0.488 e. The summed E-state index contributed by atoms with van der Waals surface area (Å²) < 4.78 is 19.1. The highest BCUT2D eigenvalue weighted by Gasteiger charge is 2.10. The molecule has 1 rings (SSSR count). The second-order valence-electron chi connectivity index (χ2n) is 4.65. The molecule has 114 valence electrons. The van der Waals surface area contributed by atoms with E-state index in [-0.39, 0.29) is 18.5 Å². The molecule has 0 saturated heterocycles. The molecule has 0 spiro atoms. The van der Waals surface area contributed by atoms with Crippen molar-refractivity contribution in [3.05, 3.63) is 17.9 Å². The summed E-state index contributed by atoms with van der Waals surface area (Å²) in [6.07, 6.45) is 0.713. The average Bonchev–Trinajstić information content (AvgIpc) is 2.38. The number of hydrogen-bond donors (Lipinski definition) is 3. The lowest BCUT2D eigenvalue weighted by Crippen LogP contribution is -2.10. The van der Waals surface area contributed by atoms with Gasteiger partial charge in [0.1, 0.15) is 0 Å². The number of nitrogens with two attached hydrogens (primary N) is 1. The van der Waals surface area contributed by atoms with Crippen molar-refractivity contribution in [2.45, 2.75) is 26.4 Å². The van der Waals surface area contributed by atoms with Crippen LogP contribution in [0.3, 0.4) is 0 Å². The minimum Gasteiger partial charge on any atom is -0.488 e. The minimum atomic E-state index is -0.445. The van der Waals surface area contributed by atoms with Crippen LogP contribution in [0.25, 0.3) is 0 Å². The molecule has 6 heteroatoms. The number of halogens is 1. The Morgan fingerprint density at radius 1 is 1.40 bits per heavy atom. The number of aliphatic hydroxyl groups is 1. The summed E-state index contributed by atoms with van der Waals surface area (Å²) in [5.41, 5.74) is 6.84. The third kappa shape index (κ3) is 5.88. The molecule has 0 bridgehead atoms. The molecule has 0 aliphatic rings. The van der Waals surface area contributed by atoms with Gasteiger partial charge < -0.3 is 20.9 Å². The second kappa shape index (κ2) is 8.92. The summed E-state index contributed by atoms with van der Waals surface area (Å²) in [4.78, 5) is 0. The first-order valence-electron chi connectivity index (χ1n) is 6.72. The van der Waals surface area contributed by atoms with Crippen LogP contribution < -0.4 is 15.8 Å². The lowest BCUT2D eigenvalue weighted by atomic mass is 10.2. The van der Waals surface area contributed by atoms with Gasteiger partial charge in [-0.3, -0.25) is 0 Å². The molecule has 4 N–H and O–H groups in total. The molecule has 0 atom stereocenters. The molecule has 1 aromatic carbocycles. The first kappa shape index (κ1) is 16.9. The SMILES string of the molecule is CC(C)Oc1cc(NCCSCCCO)c(N)cc1F. The van der Waals surface area contributed by atoms with Gasteiger partial charge >= 0.3 is 0 Å². The Labute approximate surface area is 123 Å². The van der Waals surface area contributed by atoms with Crippen LogP contribution in [0.15, 0.2) is 12.1 Å². The number of hydrogen-bond acceptors (Lipinski definition) is 5.